The molecule has 4 nitrogen and oxygen atoms in total. The maximum atomic E-state index is 4.35. The lowest BCUT2D eigenvalue weighted by Crippen LogP contribution is -2.08. The van der Waals surface area contributed by atoms with Crippen molar-refractivity contribution in [3.05, 3.63) is 60.0 Å². The molecule has 0 fully saturated rings. The Morgan fingerprint density at radius 1 is 1.06 bits per heavy atom. The summed E-state index contributed by atoms with van der Waals surface area (Å²) < 4.78 is 2.06. The number of hydrogen-bond acceptors (Lipinski definition) is 3. The highest BCUT2D eigenvalue weighted by molar-refractivity contribution is 5.59. The minimum Gasteiger partial charge on any atom is -0.384 e. The van der Waals surface area contributed by atoms with Gasteiger partial charge in [-0.25, -0.2) is 0 Å². The van der Waals surface area contributed by atoms with Crippen molar-refractivity contribution in [3.8, 4) is 0 Å². The van der Waals surface area contributed by atoms with Crippen LogP contribution in [0.3, 0.4) is 0 Å². The molecule has 1 N–H and O–H groups in total. The third kappa shape index (κ3) is 1.26. The summed E-state index contributed by atoms with van der Waals surface area (Å²) in [4.78, 5) is 0. The summed E-state index contributed by atoms with van der Waals surface area (Å²) in [6, 6.07) is 14.4. The molecular weight excluding hydrogens is 224 g/mol. The third-order valence-corrected chi connectivity index (χ3v) is 3.48. The van der Waals surface area contributed by atoms with Crippen LogP contribution >= 0.6 is 0 Å². The van der Waals surface area contributed by atoms with E-state index in [1.54, 1.807) is 0 Å². The second kappa shape index (κ2) is 3.57. The van der Waals surface area contributed by atoms with Gasteiger partial charge in [-0.05, 0) is 23.8 Å². The number of nitrogens with one attached hydrogen (secondary N) is 1. The lowest BCUT2D eigenvalue weighted by molar-refractivity contribution is 0.791. The normalized spacial score (nSPS) is 17.7. The SMILES string of the molecule is c1ccc2c(c1)NCC2c1nnc2ccccn12. The van der Waals surface area contributed by atoms with Crippen LogP contribution in [0.2, 0.25) is 0 Å². The summed E-state index contributed by atoms with van der Waals surface area (Å²) in [6.45, 7) is 0.884. The summed E-state index contributed by atoms with van der Waals surface area (Å²) in [7, 11) is 0. The van der Waals surface area contributed by atoms with Gasteiger partial charge in [0.25, 0.3) is 0 Å². The van der Waals surface area contributed by atoms with Crippen molar-refractivity contribution < 1.29 is 0 Å². The number of anilines is 1. The Morgan fingerprint density at radius 2 is 1.94 bits per heavy atom. The first-order valence-corrected chi connectivity index (χ1v) is 6.06. The third-order valence-electron chi connectivity index (χ3n) is 3.48. The molecule has 2 aromatic heterocycles. The molecule has 3 heterocycles. The second-order valence-electron chi connectivity index (χ2n) is 4.51. The number of hydrogen-bond donors (Lipinski definition) is 1. The van der Waals surface area contributed by atoms with Crippen molar-refractivity contribution >= 4 is 11.3 Å². The highest BCUT2D eigenvalue weighted by Gasteiger charge is 2.27. The van der Waals surface area contributed by atoms with Crippen LogP contribution in [0.5, 0.6) is 0 Å². The lowest BCUT2D eigenvalue weighted by atomic mass is 10.0. The van der Waals surface area contributed by atoms with Gasteiger partial charge in [-0.3, -0.25) is 4.40 Å². The average molecular weight is 236 g/mol. The van der Waals surface area contributed by atoms with E-state index in [9.17, 15) is 0 Å². The predicted molar refractivity (Wildman–Crippen MR) is 69.8 cm³/mol. The standard InChI is InChI=1S/C14H12N4/c1-2-6-12-10(5-1)11(9-15-12)14-17-16-13-7-3-4-8-18(13)14/h1-8,11,15H,9H2. The average Bonchev–Trinajstić information content (AvgIpc) is 3.01. The van der Waals surface area contributed by atoms with Crippen molar-refractivity contribution in [1.82, 2.24) is 14.6 Å². The largest absolute Gasteiger partial charge is 0.384 e. The Labute approximate surface area is 104 Å². The van der Waals surface area contributed by atoms with E-state index in [0.717, 1.165) is 18.0 Å². The van der Waals surface area contributed by atoms with Crippen LogP contribution in [0.25, 0.3) is 5.65 Å². The fraction of sp³-hybridized carbons (Fsp3) is 0.143. The van der Waals surface area contributed by atoms with Gasteiger partial charge in [-0.2, -0.15) is 0 Å². The number of pyridine rings is 1. The molecule has 88 valence electrons. The van der Waals surface area contributed by atoms with Crippen LogP contribution in [0.15, 0.2) is 48.7 Å². The van der Waals surface area contributed by atoms with Gasteiger partial charge in [0.15, 0.2) is 5.65 Å². The van der Waals surface area contributed by atoms with E-state index in [-0.39, 0.29) is 5.92 Å². The minimum absolute atomic E-state index is 0.276. The summed E-state index contributed by atoms with van der Waals surface area (Å²) in [6.07, 6.45) is 2.02. The number of rotatable bonds is 1. The van der Waals surface area contributed by atoms with Gasteiger partial charge in [0, 0.05) is 18.4 Å². The quantitative estimate of drug-likeness (QED) is 0.705. The molecule has 0 aliphatic carbocycles. The summed E-state index contributed by atoms with van der Waals surface area (Å²) >= 11 is 0. The number of benzene rings is 1. The zero-order chi connectivity index (χ0) is 11.9. The van der Waals surface area contributed by atoms with Gasteiger partial charge in [0.2, 0.25) is 0 Å². The number of fused-ring (bicyclic) bond motifs is 2. The highest BCUT2D eigenvalue weighted by atomic mass is 15.2. The zero-order valence-corrected chi connectivity index (χ0v) is 9.74. The molecule has 1 unspecified atom stereocenters. The highest BCUT2D eigenvalue weighted by Crippen LogP contribution is 2.34. The van der Waals surface area contributed by atoms with Crippen molar-refractivity contribution in [2.45, 2.75) is 5.92 Å². The fourth-order valence-corrected chi connectivity index (χ4v) is 2.61. The van der Waals surface area contributed by atoms with E-state index in [1.807, 2.05) is 24.4 Å². The summed E-state index contributed by atoms with van der Waals surface area (Å²) in [5, 5.41) is 12.0. The van der Waals surface area contributed by atoms with Crippen molar-refractivity contribution in [2.24, 2.45) is 0 Å². The van der Waals surface area contributed by atoms with Crippen molar-refractivity contribution in [1.29, 1.82) is 0 Å². The van der Waals surface area contributed by atoms with E-state index < -0.39 is 0 Å². The Balaban J connectivity index is 1.90. The predicted octanol–water partition coefficient (Wildman–Crippen LogP) is 2.29. The summed E-state index contributed by atoms with van der Waals surface area (Å²) in [5.41, 5.74) is 3.41. The Kier molecular flexibility index (Phi) is 1.91. The van der Waals surface area contributed by atoms with E-state index in [2.05, 4.69) is 44.2 Å². The van der Waals surface area contributed by atoms with Crippen LogP contribution in [0.4, 0.5) is 5.69 Å². The molecule has 3 aromatic rings. The molecule has 1 aliphatic rings. The van der Waals surface area contributed by atoms with Crippen LogP contribution in [0.1, 0.15) is 17.3 Å². The molecule has 0 saturated heterocycles. The molecule has 4 heteroatoms. The van der Waals surface area contributed by atoms with Crippen molar-refractivity contribution in [2.75, 3.05) is 11.9 Å². The maximum Gasteiger partial charge on any atom is 0.160 e. The molecular formula is C14H12N4. The Hall–Kier alpha value is -2.36. The monoisotopic (exact) mass is 236 g/mol. The van der Waals surface area contributed by atoms with E-state index in [4.69, 9.17) is 0 Å². The molecule has 4 rings (SSSR count). The van der Waals surface area contributed by atoms with Gasteiger partial charge in [-0.15, -0.1) is 10.2 Å². The fourth-order valence-electron chi connectivity index (χ4n) is 2.61. The molecule has 18 heavy (non-hydrogen) atoms. The zero-order valence-electron chi connectivity index (χ0n) is 9.74. The first-order chi connectivity index (χ1) is 8.93. The first kappa shape index (κ1) is 9.65. The molecule has 0 bridgehead atoms. The molecule has 1 atom stereocenters. The van der Waals surface area contributed by atoms with Gasteiger partial charge >= 0.3 is 0 Å². The van der Waals surface area contributed by atoms with Crippen LogP contribution in [-0.2, 0) is 0 Å². The van der Waals surface area contributed by atoms with E-state index in [1.165, 1.54) is 11.3 Å². The second-order valence-corrected chi connectivity index (χ2v) is 4.51. The number of aromatic nitrogens is 3. The Bertz CT molecular complexity index is 716. The lowest BCUT2D eigenvalue weighted by Gasteiger charge is -2.07. The van der Waals surface area contributed by atoms with Gasteiger partial charge in [-0.1, -0.05) is 24.3 Å². The van der Waals surface area contributed by atoms with E-state index >= 15 is 0 Å². The van der Waals surface area contributed by atoms with Gasteiger partial charge < -0.3 is 5.32 Å². The van der Waals surface area contributed by atoms with Crippen molar-refractivity contribution in [3.63, 3.8) is 0 Å². The minimum atomic E-state index is 0.276. The molecule has 0 spiro atoms. The molecule has 0 saturated carbocycles. The number of para-hydroxylation sites is 1. The van der Waals surface area contributed by atoms with Crippen LogP contribution < -0.4 is 5.32 Å². The smallest absolute Gasteiger partial charge is 0.160 e. The van der Waals surface area contributed by atoms with Gasteiger partial charge in [0.1, 0.15) is 5.82 Å². The maximum absolute atomic E-state index is 4.35. The van der Waals surface area contributed by atoms with E-state index in [0.29, 0.717) is 0 Å². The molecule has 0 amide bonds. The summed E-state index contributed by atoms with van der Waals surface area (Å²) in [5.74, 6) is 1.28. The van der Waals surface area contributed by atoms with Crippen LogP contribution in [-0.4, -0.2) is 21.1 Å². The number of nitrogens with zero attached hydrogens (tertiary/aromatic N) is 3. The topological polar surface area (TPSA) is 42.2 Å². The van der Waals surface area contributed by atoms with Gasteiger partial charge in [0.05, 0.1) is 5.92 Å². The molecule has 1 aliphatic heterocycles. The molecule has 0 radical (unpaired) electrons. The Morgan fingerprint density at radius 3 is 2.94 bits per heavy atom. The van der Waals surface area contributed by atoms with Crippen LogP contribution in [0, 0.1) is 0 Å². The first-order valence-electron chi connectivity index (χ1n) is 6.06. The molecule has 1 aromatic carbocycles.